The number of hydrogen-bond acceptors (Lipinski definition) is 3. The van der Waals surface area contributed by atoms with Gasteiger partial charge in [-0.3, -0.25) is 0 Å². The molecule has 0 radical (unpaired) electrons. The molecule has 3 nitrogen and oxygen atoms in total. The van der Waals surface area contributed by atoms with Gasteiger partial charge in [0.25, 0.3) is 0 Å². The van der Waals surface area contributed by atoms with E-state index in [1.54, 1.807) is 11.3 Å². The van der Waals surface area contributed by atoms with Crippen LogP contribution in [-0.4, -0.2) is 16.6 Å². The van der Waals surface area contributed by atoms with Gasteiger partial charge in [-0.1, -0.05) is 0 Å². The number of aryl methyl sites for hydroxylation is 1. The van der Waals surface area contributed by atoms with Crippen LogP contribution < -0.4 is 5.32 Å². The van der Waals surface area contributed by atoms with E-state index in [-0.39, 0.29) is 0 Å². The highest BCUT2D eigenvalue weighted by atomic mass is 79.9. The summed E-state index contributed by atoms with van der Waals surface area (Å²) in [5, 5.41) is 5.26. The number of aromatic nitrogens is 2. The molecule has 1 N–H and O–H groups in total. The number of rotatable bonds is 4. The highest BCUT2D eigenvalue weighted by Crippen LogP contribution is 2.24. The van der Waals surface area contributed by atoms with Gasteiger partial charge >= 0.3 is 0 Å². The molecule has 0 saturated heterocycles. The molecule has 2 rings (SSSR count). The van der Waals surface area contributed by atoms with E-state index in [0.29, 0.717) is 0 Å². The van der Waals surface area contributed by atoms with E-state index in [1.165, 1.54) is 15.0 Å². The zero-order chi connectivity index (χ0) is 11.5. The standard InChI is InChI=1S/C11H14BrN3S/c1-8-14-6-9(5-13-2)15(8)7-11-10(12)3-4-16-11/h3-4,6,13H,5,7H2,1-2H3. The minimum atomic E-state index is 0.851. The predicted octanol–water partition coefficient (Wildman–Crippen LogP) is 2.78. The van der Waals surface area contributed by atoms with Gasteiger partial charge in [0.05, 0.1) is 12.2 Å². The normalized spacial score (nSPS) is 10.9. The van der Waals surface area contributed by atoms with Crippen LogP contribution in [0.5, 0.6) is 0 Å². The number of halogens is 1. The molecule has 0 aliphatic heterocycles. The molecule has 0 aromatic carbocycles. The lowest BCUT2D eigenvalue weighted by Gasteiger charge is -2.09. The summed E-state index contributed by atoms with van der Waals surface area (Å²) in [4.78, 5) is 5.69. The second-order valence-corrected chi connectivity index (χ2v) is 5.46. The molecule has 86 valence electrons. The molecule has 5 heteroatoms. The van der Waals surface area contributed by atoms with Gasteiger partial charge < -0.3 is 9.88 Å². The van der Waals surface area contributed by atoms with Gasteiger partial charge in [0.1, 0.15) is 5.82 Å². The minimum Gasteiger partial charge on any atom is -0.326 e. The molecule has 0 unspecified atom stereocenters. The SMILES string of the molecule is CNCc1cnc(C)n1Cc1sccc1Br. The van der Waals surface area contributed by atoms with Gasteiger partial charge in [-0.2, -0.15) is 0 Å². The molecule has 0 fully saturated rings. The van der Waals surface area contributed by atoms with Crippen molar-refractivity contribution < 1.29 is 0 Å². The summed E-state index contributed by atoms with van der Waals surface area (Å²) < 4.78 is 3.42. The van der Waals surface area contributed by atoms with Crippen molar-refractivity contribution in [1.82, 2.24) is 14.9 Å². The van der Waals surface area contributed by atoms with E-state index in [1.807, 2.05) is 20.2 Å². The Morgan fingerprint density at radius 2 is 2.38 bits per heavy atom. The van der Waals surface area contributed by atoms with Crippen molar-refractivity contribution in [2.24, 2.45) is 0 Å². The summed E-state index contributed by atoms with van der Waals surface area (Å²) in [7, 11) is 1.95. The highest BCUT2D eigenvalue weighted by molar-refractivity contribution is 9.10. The second-order valence-electron chi connectivity index (χ2n) is 3.60. The molecule has 2 aromatic heterocycles. The maximum Gasteiger partial charge on any atom is 0.106 e. The van der Waals surface area contributed by atoms with Crippen LogP contribution in [0.25, 0.3) is 0 Å². The van der Waals surface area contributed by atoms with Crippen molar-refractivity contribution in [3.8, 4) is 0 Å². The maximum absolute atomic E-state index is 4.36. The van der Waals surface area contributed by atoms with E-state index < -0.39 is 0 Å². The van der Waals surface area contributed by atoms with Gasteiger partial charge in [-0.15, -0.1) is 11.3 Å². The monoisotopic (exact) mass is 299 g/mol. The number of nitrogens with zero attached hydrogens (tertiary/aromatic N) is 2. The second kappa shape index (κ2) is 5.12. The summed E-state index contributed by atoms with van der Waals surface area (Å²) >= 11 is 5.33. The summed E-state index contributed by atoms with van der Waals surface area (Å²) in [5.74, 6) is 1.06. The fourth-order valence-corrected chi connectivity index (χ4v) is 3.10. The van der Waals surface area contributed by atoms with Crippen molar-refractivity contribution in [3.05, 3.63) is 38.5 Å². The summed E-state index contributed by atoms with van der Waals surface area (Å²) in [6, 6.07) is 2.09. The van der Waals surface area contributed by atoms with Gasteiger partial charge in [-0.05, 0) is 41.3 Å². The number of nitrogens with one attached hydrogen (secondary N) is 1. The molecule has 0 amide bonds. The lowest BCUT2D eigenvalue weighted by molar-refractivity contribution is 0.680. The lowest BCUT2D eigenvalue weighted by atomic mass is 10.4. The topological polar surface area (TPSA) is 29.9 Å². The van der Waals surface area contributed by atoms with E-state index in [0.717, 1.165) is 18.9 Å². The molecule has 0 atom stereocenters. The maximum atomic E-state index is 4.36. The first-order valence-corrected chi connectivity index (χ1v) is 6.77. The average Bonchev–Trinajstić information content (AvgIpc) is 2.80. The first-order valence-electron chi connectivity index (χ1n) is 5.10. The van der Waals surface area contributed by atoms with E-state index in [2.05, 4.69) is 42.2 Å². The van der Waals surface area contributed by atoms with Crippen molar-refractivity contribution in [3.63, 3.8) is 0 Å². The largest absolute Gasteiger partial charge is 0.326 e. The minimum absolute atomic E-state index is 0.851. The molecule has 16 heavy (non-hydrogen) atoms. The Morgan fingerprint density at radius 1 is 1.56 bits per heavy atom. The Bertz CT molecular complexity index is 475. The molecule has 0 bridgehead atoms. The van der Waals surface area contributed by atoms with Crippen LogP contribution in [0.2, 0.25) is 0 Å². The third kappa shape index (κ3) is 2.36. The third-order valence-electron chi connectivity index (χ3n) is 2.49. The van der Waals surface area contributed by atoms with Crippen molar-refractivity contribution >= 4 is 27.3 Å². The zero-order valence-electron chi connectivity index (χ0n) is 9.33. The van der Waals surface area contributed by atoms with Gasteiger partial charge in [0.15, 0.2) is 0 Å². The molecule has 0 aliphatic carbocycles. The van der Waals surface area contributed by atoms with E-state index in [4.69, 9.17) is 0 Å². The van der Waals surface area contributed by atoms with Crippen molar-refractivity contribution in [1.29, 1.82) is 0 Å². The molecule has 2 aromatic rings. The molecule has 0 aliphatic rings. The molecular formula is C11H14BrN3S. The molecule has 0 saturated carbocycles. The summed E-state index contributed by atoms with van der Waals surface area (Å²) in [6.07, 6.45) is 1.94. The Morgan fingerprint density at radius 3 is 3.00 bits per heavy atom. The number of hydrogen-bond donors (Lipinski definition) is 1. The Labute approximate surface area is 108 Å². The summed E-state index contributed by atoms with van der Waals surface area (Å²) in [5.41, 5.74) is 1.22. The van der Waals surface area contributed by atoms with Crippen LogP contribution in [0.4, 0.5) is 0 Å². The van der Waals surface area contributed by atoms with Crippen LogP contribution >= 0.6 is 27.3 Å². The van der Waals surface area contributed by atoms with Crippen molar-refractivity contribution in [2.45, 2.75) is 20.0 Å². The number of thiophene rings is 1. The van der Waals surface area contributed by atoms with Crippen molar-refractivity contribution in [2.75, 3.05) is 7.05 Å². The fraction of sp³-hybridized carbons (Fsp3) is 0.364. The first kappa shape index (κ1) is 11.8. The van der Waals surface area contributed by atoms with E-state index in [9.17, 15) is 0 Å². The predicted molar refractivity (Wildman–Crippen MR) is 70.8 cm³/mol. The quantitative estimate of drug-likeness (QED) is 0.941. The highest BCUT2D eigenvalue weighted by Gasteiger charge is 2.09. The van der Waals surface area contributed by atoms with Crippen LogP contribution in [0.15, 0.2) is 22.1 Å². The molecule has 2 heterocycles. The average molecular weight is 300 g/mol. The van der Waals surface area contributed by atoms with Crippen LogP contribution in [0.1, 0.15) is 16.4 Å². The smallest absolute Gasteiger partial charge is 0.106 e. The first-order chi connectivity index (χ1) is 7.72. The van der Waals surface area contributed by atoms with Gasteiger partial charge in [0.2, 0.25) is 0 Å². The fourth-order valence-electron chi connectivity index (χ4n) is 1.63. The van der Waals surface area contributed by atoms with Crippen LogP contribution in [-0.2, 0) is 13.1 Å². The molecule has 0 spiro atoms. The third-order valence-corrected chi connectivity index (χ3v) is 4.40. The van der Waals surface area contributed by atoms with Gasteiger partial charge in [-0.25, -0.2) is 4.98 Å². The number of imidazole rings is 1. The zero-order valence-corrected chi connectivity index (χ0v) is 11.7. The Balaban J connectivity index is 2.26. The Kier molecular flexibility index (Phi) is 3.78. The van der Waals surface area contributed by atoms with Crippen LogP contribution in [0.3, 0.4) is 0 Å². The van der Waals surface area contributed by atoms with Gasteiger partial charge in [0, 0.05) is 22.1 Å². The lowest BCUT2D eigenvalue weighted by Crippen LogP contribution is -2.12. The molecular weight excluding hydrogens is 286 g/mol. The summed E-state index contributed by atoms with van der Waals surface area (Å²) in [6.45, 7) is 3.78. The Hall–Kier alpha value is -0.650. The van der Waals surface area contributed by atoms with E-state index >= 15 is 0 Å². The van der Waals surface area contributed by atoms with Crippen LogP contribution in [0, 0.1) is 6.92 Å².